The van der Waals surface area contributed by atoms with Gasteiger partial charge in [0.1, 0.15) is 29.7 Å². The number of ether oxygens (including phenoxy) is 3. The Labute approximate surface area is 270 Å². The molecule has 0 radical (unpaired) electrons. The number of nitrogens with two attached hydrogens (primary N) is 1. The number of alkyl halides is 1. The minimum absolute atomic E-state index is 0.0592. The number of halogens is 1. The van der Waals surface area contributed by atoms with Gasteiger partial charge in [0.15, 0.2) is 23.5 Å². The van der Waals surface area contributed by atoms with Gasteiger partial charge in [-0.25, -0.2) is 28.5 Å². The van der Waals surface area contributed by atoms with E-state index in [-0.39, 0.29) is 11.4 Å². The first-order valence-electron chi connectivity index (χ1n) is 13.8. The fraction of sp³-hybridized carbons (Fsp3) is 0.667. The maximum Gasteiger partial charge on any atom is 0.482 e. The number of carbonyl (C=O) groups is 1. The third kappa shape index (κ3) is 6.55. The fourth-order valence-electron chi connectivity index (χ4n) is 6.19. The number of rotatable bonds is 12. The van der Waals surface area contributed by atoms with E-state index in [0.29, 0.717) is 11.1 Å². The zero-order chi connectivity index (χ0) is 34.7. The predicted molar refractivity (Wildman–Crippen MR) is 157 cm³/mol. The molecular weight excluding hydrogens is 697 g/mol. The summed E-state index contributed by atoms with van der Waals surface area (Å²) in [6.07, 6.45) is -6.31. The molecule has 0 spiro atoms. The standard InChI is InChI=1S/C24H33FN4O15P2S/c1-9(31)27-4-11-13(41-20(23(11,2)38-3)10-6-39-19-16(10)28-8-29-21(19)26)7-40-46(37,47)44-45(35,36)43-22-15-18(33)17(32)14(12(25)5-30)24(15,34)42-22/h4,6,8,11-15,17-18,20,22,30,32-34H,5,7H2,1-3H3,(H,35,36)(H,37,47)(H2,26,28,29)/b27-4+/t11?,12-,13+,14?,15?,17?,18?,20-,22?,23+,24?,46?/m0/s1. The van der Waals surface area contributed by atoms with E-state index < -0.39 is 99.8 Å². The summed E-state index contributed by atoms with van der Waals surface area (Å²) in [5, 5.41) is 40.2. The molecule has 3 fully saturated rings. The van der Waals surface area contributed by atoms with Crippen molar-refractivity contribution in [2.45, 2.75) is 62.1 Å². The van der Waals surface area contributed by atoms with E-state index in [1.807, 2.05) is 0 Å². The van der Waals surface area contributed by atoms with Crippen molar-refractivity contribution in [1.29, 1.82) is 0 Å². The van der Waals surface area contributed by atoms with Crippen molar-refractivity contribution in [3.05, 3.63) is 18.2 Å². The number of hydrogen-bond acceptors (Lipinski definition) is 17. The number of hydrogen-bond donors (Lipinski definition) is 7. The maximum atomic E-state index is 14.2. The van der Waals surface area contributed by atoms with Crippen LogP contribution in [-0.4, -0.2) is 110 Å². The van der Waals surface area contributed by atoms with Crippen LogP contribution in [-0.2, 0) is 41.5 Å². The van der Waals surface area contributed by atoms with Crippen LogP contribution in [0.1, 0.15) is 25.5 Å². The Morgan fingerprint density at radius 1 is 1.32 bits per heavy atom. The normalized spacial score (nSPS) is 38.6. The molecule has 23 heteroatoms. The van der Waals surface area contributed by atoms with Gasteiger partial charge in [-0.3, -0.25) is 13.8 Å². The molecule has 5 rings (SSSR count). The zero-order valence-corrected chi connectivity index (χ0v) is 27.5. The molecular formula is C24H33FN4O15P2S. The van der Waals surface area contributed by atoms with Gasteiger partial charge >= 0.3 is 14.6 Å². The maximum absolute atomic E-state index is 14.2. The molecule has 1 amide bonds. The summed E-state index contributed by atoms with van der Waals surface area (Å²) in [4.78, 5) is 34.0. The highest BCUT2D eigenvalue weighted by Crippen LogP contribution is 2.68. The van der Waals surface area contributed by atoms with Crippen LogP contribution < -0.4 is 5.73 Å². The number of carbonyl (C=O) groups excluding carboxylic acids is 1. The lowest BCUT2D eigenvalue weighted by molar-refractivity contribution is -0.426. The number of anilines is 1. The average Bonchev–Trinajstić information content (AvgIpc) is 3.57. The number of nitrogens with zero attached hydrogens (tertiary/aromatic N) is 3. The number of aliphatic hydroxyl groups is 4. The summed E-state index contributed by atoms with van der Waals surface area (Å²) < 4.78 is 77.4. The lowest BCUT2D eigenvalue weighted by Gasteiger charge is -2.49. The van der Waals surface area contributed by atoms with Crippen LogP contribution in [0.4, 0.5) is 10.2 Å². The minimum Gasteiger partial charge on any atom is -0.458 e. The summed E-state index contributed by atoms with van der Waals surface area (Å²) in [5.74, 6) is -7.43. The Hall–Kier alpha value is -1.94. The first-order valence-corrected chi connectivity index (χ1v) is 18.0. The molecule has 7 N–H and O–H groups in total. The van der Waals surface area contributed by atoms with E-state index in [1.54, 1.807) is 6.92 Å². The van der Waals surface area contributed by atoms with Crippen LogP contribution in [0.2, 0.25) is 0 Å². The number of aliphatic hydroxyl groups excluding tert-OH is 3. The third-order valence-electron chi connectivity index (χ3n) is 8.49. The highest BCUT2D eigenvalue weighted by molar-refractivity contribution is 8.45. The Morgan fingerprint density at radius 2 is 2.02 bits per heavy atom. The number of aliphatic imine (C=N–C) groups is 1. The van der Waals surface area contributed by atoms with Gasteiger partial charge in [0, 0.05) is 25.8 Å². The predicted octanol–water partition coefficient (Wildman–Crippen LogP) is 0.415. The smallest absolute Gasteiger partial charge is 0.458 e. The van der Waals surface area contributed by atoms with Crippen molar-refractivity contribution in [2.24, 2.45) is 22.7 Å². The van der Waals surface area contributed by atoms with E-state index in [1.165, 1.54) is 32.8 Å². The number of phosphoric ester groups is 1. The average molecular weight is 731 g/mol. The molecule has 1 saturated carbocycles. The number of thiol groups is 1. The molecule has 4 heterocycles. The van der Waals surface area contributed by atoms with Crippen molar-refractivity contribution in [1.82, 2.24) is 9.97 Å². The quantitative estimate of drug-likeness (QED) is 0.0884. The number of methoxy groups -OCH3 is 1. The van der Waals surface area contributed by atoms with Gasteiger partial charge in [-0.2, -0.15) is 4.31 Å². The molecule has 19 nitrogen and oxygen atoms in total. The van der Waals surface area contributed by atoms with E-state index in [0.717, 1.165) is 0 Å². The first kappa shape index (κ1) is 36.3. The summed E-state index contributed by atoms with van der Waals surface area (Å²) in [6.45, 7) is -3.74. The van der Waals surface area contributed by atoms with Crippen LogP contribution >= 0.6 is 26.9 Å². The number of furan rings is 1. The molecule has 262 valence electrons. The van der Waals surface area contributed by atoms with Gasteiger partial charge in [-0.05, 0) is 6.92 Å². The molecule has 3 aliphatic rings. The summed E-state index contributed by atoms with van der Waals surface area (Å²) in [6, 6.07) is 0. The summed E-state index contributed by atoms with van der Waals surface area (Å²) in [5.41, 5.74) is 5.44. The topological polar surface area (TPSA) is 285 Å². The number of nitrogen functional groups attached to an aromatic ring is 1. The zero-order valence-electron chi connectivity index (χ0n) is 24.8. The van der Waals surface area contributed by atoms with Crippen molar-refractivity contribution >= 4 is 55.9 Å². The van der Waals surface area contributed by atoms with Gasteiger partial charge in [0.25, 0.3) is 0 Å². The molecule has 2 aromatic rings. The van der Waals surface area contributed by atoms with Crippen molar-refractivity contribution in [2.75, 3.05) is 26.1 Å². The molecule has 0 aromatic carbocycles. The van der Waals surface area contributed by atoms with Crippen LogP contribution in [0.5, 0.6) is 0 Å². The largest absolute Gasteiger partial charge is 0.482 e. The number of fused-ring (bicyclic) bond motifs is 2. The Balaban J connectivity index is 1.31. The van der Waals surface area contributed by atoms with Crippen molar-refractivity contribution in [3.8, 4) is 0 Å². The monoisotopic (exact) mass is 730 g/mol. The lowest BCUT2D eigenvalue weighted by atomic mass is 9.82. The third-order valence-corrected chi connectivity index (χ3v) is 12.1. The summed E-state index contributed by atoms with van der Waals surface area (Å²) in [7, 11) is -4.07. The molecule has 9 unspecified atom stereocenters. The van der Waals surface area contributed by atoms with Gasteiger partial charge in [-0.1, -0.05) is 12.2 Å². The Morgan fingerprint density at radius 3 is 2.66 bits per heavy atom. The van der Waals surface area contributed by atoms with E-state index in [4.69, 9.17) is 38.5 Å². The van der Waals surface area contributed by atoms with Crippen LogP contribution in [0.3, 0.4) is 0 Å². The minimum atomic E-state index is -5.44. The number of phosphoric acid groups is 1. The molecule has 47 heavy (non-hydrogen) atoms. The molecule has 2 saturated heterocycles. The van der Waals surface area contributed by atoms with Gasteiger partial charge < -0.3 is 49.7 Å². The molecule has 1 aliphatic carbocycles. The Bertz CT molecular complexity index is 1640. The van der Waals surface area contributed by atoms with Crippen LogP contribution in [0.15, 0.2) is 22.0 Å². The van der Waals surface area contributed by atoms with E-state index in [2.05, 4.69) is 31.5 Å². The number of amides is 1. The highest BCUT2D eigenvalue weighted by atomic mass is 32.7. The Kier molecular flexibility index (Phi) is 10.1. The number of aromatic nitrogens is 2. The molecule has 0 bridgehead atoms. The SMILES string of the molecule is CO[C@]1(C)C(/C=N/C(C)=O)[C@@H](COP(=O)(S)OP(=O)(O)OC2OC3(O)C2C(O)C(O)C3[C@@H](F)CO)O[C@H]1c1coc2c(N)ncnc12. The van der Waals surface area contributed by atoms with Gasteiger partial charge in [-0.15, -0.1) is 0 Å². The second-order valence-corrected chi connectivity index (χ2v) is 15.7. The fourth-order valence-corrected chi connectivity index (χ4v) is 9.38. The first-order chi connectivity index (χ1) is 21.9. The van der Waals surface area contributed by atoms with Gasteiger partial charge in [0.05, 0.1) is 55.5 Å². The molecule has 2 aliphatic heterocycles. The van der Waals surface area contributed by atoms with Crippen molar-refractivity contribution < 1.29 is 75.6 Å². The van der Waals surface area contributed by atoms with Crippen molar-refractivity contribution in [3.63, 3.8) is 0 Å². The van der Waals surface area contributed by atoms with Gasteiger partial charge in [0.2, 0.25) is 5.91 Å². The molecule has 13 atom stereocenters. The van der Waals surface area contributed by atoms with Crippen LogP contribution in [0, 0.1) is 17.8 Å². The van der Waals surface area contributed by atoms with E-state index in [9.17, 15) is 38.5 Å². The lowest BCUT2D eigenvalue weighted by Crippen LogP contribution is -2.64. The second-order valence-electron chi connectivity index (χ2n) is 11.3. The highest BCUT2D eigenvalue weighted by Gasteiger charge is 2.74. The summed E-state index contributed by atoms with van der Waals surface area (Å²) >= 11 is 3.74. The van der Waals surface area contributed by atoms with E-state index >= 15 is 0 Å². The molecule has 2 aromatic heterocycles. The second kappa shape index (κ2) is 13.1. The van der Waals surface area contributed by atoms with Crippen LogP contribution in [0.25, 0.3) is 11.1 Å².